The maximum absolute atomic E-state index is 12.3. The van der Waals surface area contributed by atoms with Gasteiger partial charge in [-0.05, 0) is 12.3 Å². The van der Waals surface area contributed by atoms with Gasteiger partial charge >= 0.3 is 6.09 Å². The van der Waals surface area contributed by atoms with Crippen molar-refractivity contribution in [3.05, 3.63) is 12.7 Å². The molecule has 0 saturated carbocycles. The van der Waals surface area contributed by atoms with Crippen LogP contribution >= 0.6 is 0 Å². The van der Waals surface area contributed by atoms with Crippen molar-refractivity contribution >= 4 is 12.0 Å². The summed E-state index contributed by atoms with van der Waals surface area (Å²) in [5.41, 5.74) is 0. The molecule has 5 heteroatoms. The average molecular weight is 255 g/mol. The van der Waals surface area contributed by atoms with Crippen LogP contribution in [0.3, 0.4) is 0 Å². The second kappa shape index (κ2) is 6.00. The number of ether oxygens (including phenoxy) is 1. The van der Waals surface area contributed by atoms with Crippen LogP contribution in [0.25, 0.3) is 0 Å². The fourth-order valence-electron chi connectivity index (χ4n) is 2.02. The first-order chi connectivity index (χ1) is 8.43. The molecular formula is C13H21NO4. The van der Waals surface area contributed by atoms with Gasteiger partial charge in [-0.1, -0.05) is 26.8 Å². The number of carbonyl (C=O) groups excluding carboxylic acids is 2. The van der Waals surface area contributed by atoms with Gasteiger partial charge in [0.15, 0.2) is 0 Å². The standard InChI is InChI=1S/C13H21NO4/c1-5-9(11(15)6-2)12(16)14-10(8(3)4)7-18-13(14)17/h5,8-11,15H,1,6-7H2,2-4H3/t9-,10+,11+/m0/s1. The molecule has 18 heavy (non-hydrogen) atoms. The van der Waals surface area contributed by atoms with Gasteiger partial charge in [0.2, 0.25) is 5.91 Å². The molecule has 1 N–H and O–H groups in total. The molecule has 1 heterocycles. The Morgan fingerprint density at radius 1 is 1.67 bits per heavy atom. The summed E-state index contributed by atoms with van der Waals surface area (Å²) in [5, 5.41) is 9.79. The van der Waals surface area contributed by atoms with Crippen LogP contribution in [-0.4, -0.2) is 40.8 Å². The molecule has 0 radical (unpaired) electrons. The zero-order valence-corrected chi connectivity index (χ0v) is 11.1. The van der Waals surface area contributed by atoms with Crippen molar-refractivity contribution in [2.45, 2.75) is 39.3 Å². The van der Waals surface area contributed by atoms with Crippen molar-refractivity contribution in [1.29, 1.82) is 0 Å². The van der Waals surface area contributed by atoms with Crippen LogP contribution in [0.4, 0.5) is 4.79 Å². The maximum atomic E-state index is 12.3. The molecule has 0 aromatic heterocycles. The van der Waals surface area contributed by atoms with Gasteiger partial charge in [-0.3, -0.25) is 4.79 Å². The van der Waals surface area contributed by atoms with E-state index in [4.69, 9.17) is 4.74 Å². The lowest BCUT2D eigenvalue weighted by Crippen LogP contribution is -2.46. The zero-order chi connectivity index (χ0) is 13.9. The highest BCUT2D eigenvalue weighted by molar-refractivity contribution is 5.95. The molecule has 0 spiro atoms. The van der Waals surface area contributed by atoms with E-state index in [0.29, 0.717) is 6.42 Å². The van der Waals surface area contributed by atoms with Gasteiger partial charge in [-0.15, -0.1) is 6.58 Å². The van der Waals surface area contributed by atoms with E-state index >= 15 is 0 Å². The summed E-state index contributed by atoms with van der Waals surface area (Å²) in [4.78, 5) is 25.0. The number of aliphatic hydroxyl groups excluding tert-OH is 1. The fraction of sp³-hybridized carbons (Fsp3) is 0.692. The van der Waals surface area contributed by atoms with Crippen LogP contribution < -0.4 is 0 Å². The fourth-order valence-corrected chi connectivity index (χ4v) is 2.02. The minimum Gasteiger partial charge on any atom is -0.447 e. The molecule has 3 atom stereocenters. The number of hydrogen-bond donors (Lipinski definition) is 1. The number of hydrogen-bond acceptors (Lipinski definition) is 4. The van der Waals surface area contributed by atoms with E-state index in [-0.39, 0.29) is 18.6 Å². The van der Waals surface area contributed by atoms with E-state index in [1.807, 2.05) is 13.8 Å². The minimum absolute atomic E-state index is 0.115. The molecule has 0 bridgehead atoms. The minimum atomic E-state index is -0.823. The first kappa shape index (κ1) is 14.7. The molecule has 1 aliphatic rings. The summed E-state index contributed by atoms with van der Waals surface area (Å²) < 4.78 is 4.92. The van der Waals surface area contributed by atoms with Crippen LogP contribution in [-0.2, 0) is 9.53 Å². The molecule has 1 aliphatic heterocycles. The third-order valence-electron chi connectivity index (χ3n) is 3.28. The van der Waals surface area contributed by atoms with Gasteiger partial charge in [-0.2, -0.15) is 0 Å². The van der Waals surface area contributed by atoms with Crippen molar-refractivity contribution in [1.82, 2.24) is 4.90 Å². The molecule has 0 aromatic rings. The third kappa shape index (κ3) is 2.72. The Hall–Kier alpha value is -1.36. The van der Waals surface area contributed by atoms with Gasteiger partial charge in [0.1, 0.15) is 6.61 Å². The van der Waals surface area contributed by atoms with Crippen LogP contribution in [0.5, 0.6) is 0 Å². The highest BCUT2D eigenvalue weighted by atomic mass is 16.6. The van der Waals surface area contributed by atoms with Crippen molar-refractivity contribution in [3.63, 3.8) is 0 Å². The van der Waals surface area contributed by atoms with Crippen LogP contribution in [0.15, 0.2) is 12.7 Å². The molecule has 5 nitrogen and oxygen atoms in total. The monoisotopic (exact) mass is 255 g/mol. The van der Waals surface area contributed by atoms with E-state index < -0.39 is 24.0 Å². The molecule has 102 valence electrons. The van der Waals surface area contributed by atoms with Gasteiger partial charge in [0, 0.05) is 0 Å². The molecular weight excluding hydrogens is 234 g/mol. The zero-order valence-electron chi connectivity index (χ0n) is 11.1. The second-order valence-corrected chi connectivity index (χ2v) is 4.83. The lowest BCUT2D eigenvalue weighted by atomic mass is 9.96. The number of imide groups is 1. The Labute approximate surface area is 107 Å². The molecule has 2 amide bonds. The Balaban J connectivity index is 2.92. The summed E-state index contributed by atoms with van der Waals surface area (Å²) in [6.07, 6.45) is 0.363. The van der Waals surface area contributed by atoms with E-state index in [0.717, 1.165) is 4.90 Å². The maximum Gasteiger partial charge on any atom is 0.417 e. The normalized spacial score (nSPS) is 22.8. The van der Waals surface area contributed by atoms with Crippen molar-refractivity contribution < 1.29 is 19.4 Å². The number of carbonyl (C=O) groups is 2. The number of amides is 2. The molecule has 1 fully saturated rings. The predicted molar refractivity (Wildman–Crippen MR) is 66.8 cm³/mol. The smallest absolute Gasteiger partial charge is 0.417 e. The Morgan fingerprint density at radius 2 is 2.28 bits per heavy atom. The first-order valence-corrected chi connectivity index (χ1v) is 6.24. The molecule has 1 saturated heterocycles. The third-order valence-corrected chi connectivity index (χ3v) is 3.28. The highest BCUT2D eigenvalue weighted by Crippen LogP contribution is 2.24. The quantitative estimate of drug-likeness (QED) is 0.757. The van der Waals surface area contributed by atoms with Crippen molar-refractivity contribution in [2.75, 3.05) is 6.61 Å². The Kier molecular flexibility index (Phi) is 4.90. The van der Waals surface area contributed by atoms with E-state index in [2.05, 4.69) is 6.58 Å². The van der Waals surface area contributed by atoms with Gasteiger partial charge in [0.25, 0.3) is 0 Å². The highest BCUT2D eigenvalue weighted by Gasteiger charge is 2.42. The first-order valence-electron chi connectivity index (χ1n) is 6.24. The summed E-state index contributed by atoms with van der Waals surface area (Å²) >= 11 is 0. The molecule has 0 unspecified atom stereocenters. The van der Waals surface area contributed by atoms with Crippen molar-refractivity contribution in [3.8, 4) is 0 Å². The van der Waals surface area contributed by atoms with Gasteiger partial charge < -0.3 is 9.84 Å². The van der Waals surface area contributed by atoms with Gasteiger partial charge in [-0.25, -0.2) is 9.69 Å². The van der Waals surface area contributed by atoms with Crippen LogP contribution in [0.1, 0.15) is 27.2 Å². The van der Waals surface area contributed by atoms with Crippen LogP contribution in [0, 0.1) is 11.8 Å². The van der Waals surface area contributed by atoms with Gasteiger partial charge in [0.05, 0.1) is 18.1 Å². The summed E-state index contributed by atoms with van der Waals surface area (Å²) in [7, 11) is 0. The van der Waals surface area contributed by atoms with E-state index in [1.165, 1.54) is 6.08 Å². The predicted octanol–water partition coefficient (Wildman–Crippen LogP) is 1.56. The molecule has 0 aliphatic carbocycles. The average Bonchev–Trinajstić information content (AvgIpc) is 2.71. The topological polar surface area (TPSA) is 66.8 Å². The largest absolute Gasteiger partial charge is 0.447 e. The Bertz CT molecular complexity index is 340. The Morgan fingerprint density at radius 3 is 2.72 bits per heavy atom. The number of cyclic esters (lactones) is 1. The summed E-state index contributed by atoms with van der Waals surface area (Å²) in [5.74, 6) is -1.08. The number of rotatable bonds is 5. The summed E-state index contributed by atoms with van der Waals surface area (Å²) in [6, 6.07) is -0.267. The van der Waals surface area contributed by atoms with E-state index in [1.54, 1.807) is 6.92 Å². The van der Waals surface area contributed by atoms with E-state index in [9.17, 15) is 14.7 Å². The lowest BCUT2D eigenvalue weighted by molar-refractivity contribution is -0.135. The second-order valence-electron chi connectivity index (χ2n) is 4.83. The van der Waals surface area contributed by atoms with Crippen molar-refractivity contribution in [2.24, 2.45) is 11.8 Å². The van der Waals surface area contributed by atoms with Crippen LogP contribution in [0.2, 0.25) is 0 Å². The number of nitrogens with zero attached hydrogens (tertiary/aromatic N) is 1. The number of aliphatic hydroxyl groups is 1. The summed E-state index contributed by atoms with van der Waals surface area (Å²) in [6.45, 7) is 9.39. The molecule has 0 aromatic carbocycles. The SMILES string of the molecule is C=C[C@H](C(=O)N1C(=O)OC[C@@H]1C(C)C)[C@H](O)CC. The molecule has 1 rings (SSSR count). The lowest BCUT2D eigenvalue weighted by Gasteiger charge is -2.27.